The maximum atomic E-state index is 12.3. The smallest absolute Gasteiger partial charge is 0.257 e. The molecule has 3 rings (SSSR count). The Morgan fingerprint density at radius 2 is 1.80 bits per heavy atom. The molecule has 0 unspecified atom stereocenters. The third kappa shape index (κ3) is 4.14. The molecule has 0 aliphatic carbocycles. The van der Waals surface area contributed by atoms with Gasteiger partial charge in [-0.05, 0) is 37.3 Å². The van der Waals surface area contributed by atoms with Crippen molar-refractivity contribution in [2.75, 3.05) is 11.9 Å². The third-order valence-corrected chi connectivity index (χ3v) is 3.82. The monoisotopic (exact) mass is 353 g/mol. The van der Waals surface area contributed by atoms with Gasteiger partial charge in [0.05, 0.1) is 22.9 Å². The number of benzene rings is 2. The predicted octanol–water partition coefficient (Wildman–Crippen LogP) is 4.45. The van der Waals surface area contributed by atoms with E-state index in [-0.39, 0.29) is 5.91 Å². The Bertz CT molecular complexity index is 865. The van der Waals surface area contributed by atoms with Crippen LogP contribution in [0.4, 0.5) is 5.69 Å². The van der Waals surface area contributed by atoms with E-state index in [1.807, 2.05) is 37.3 Å². The van der Waals surface area contributed by atoms with Crippen LogP contribution in [0.3, 0.4) is 0 Å². The summed E-state index contributed by atoms with van der Waals surface area (Å²) < 4.78 is 5.28. The van der Waals surface area contributed by atoms with E-state index in [0.717, 1.165) is 11.3 Å². The molecule has 2 aromatic carbocycles. The first kappa shape index (κ1) is 16.9. The fourth-order valence-electron chi connectivity index (χ4n) is 2.27. The molecule has 126 valence electrons. The van der Waals surface area contributed by atoms with Gasteiger partial charge < -0.3 is 10.1 Å². The van der Waals surface area contributed by atoms with Gasteiger partial charge in [-0.1, -0.05) is 35.9 Å². The number of aromatic nitrogens is 2. The molecule has 0 bridgehead atoms. The van der Waals surface area contributed by atoms with Gasteiger partial charge in [-0.25, -0.2) is 0 Å². The molecule has 6 heteroatoms. The van der Waals surface area contributed by atoms with Crippen LogP contribution in [0, 0.1) is 0 Å². The standard InChI is InChI=1S/C19H16ClN3O2/c1-2-25-18-12-11-17(22-23-18)13-7-9-14(10-8-13)21-19(24)15-5-3-4-6-16(15)20/h3-12H,2H2,1H3,(H,21,24). The van der Waals surface area contributed by atoms with Crippen LogP contribution in [0.2, 0.25) is 5.02 Å². The molecule has 5 nitrogen and oxygen atoms in total. The Morgan fingerprint density at radius 3 is 2.44 bits per heavy atom. The van der Waals surface area contributed by atoms with Gasteiger partial charge in [0.1, 0.15) is 0 Å². The van der Waals surface area contributed by atoms with E-state index in [1.54, 1.807) is 30.3 Å². The molecule has 0 radical (unpaired) electrons. The van der Waals surface area contributed by atoms with Crippen LogP contribution in [0.1, 0.15) is 17.3 Å². The maximum absolute atomic E-state index is 12.3. The lowest BCUT2D eigenvalue weighted by atomic mass is 10.1. The normalized spacial score (nSPS) is 10.3. The summed E-state index contributed by atoms with van der Waals surface area (Å²) in [4.78, 5) is 12.3. The van der Waals surface area contributed by atoms with Crippen molar-refractivity contribution in [1.29, 1.82) is 0 Å². The van der Waals surface area contributed by atoms with Crippen molar-refractivity contribution in [2.45, 2.75) is 6.92 Å². The Kier molecular flexibility index (Phi) is 5.26. The highest BCUT2D eigenvalue weighted by Crippen LogP contribution is 2.21. The molecule has 25 heavy (non-hydrogen) atoms. The lowest BCUT2D eigenvalue weighted by molar-refractivity contribution is 0.102. The predicted molar refractivity (Wildman–Crippen MR) is 98.0 cm³/mol. The van der Waals surface area contributed by atoms with Crippen molar-refractivity contribution < 1.29 is 9.53 Å². The summed E-state index contributed by atoms with van der Waals surface area (Å²) in [7, 11) is 0. The number of hydrogen-bond acceptors (Lipinski definition) is 4. The molecule has 1 N–H and O–H groups in total. The van der Waals surface area contributed by atoms with Crippen LogP contribution in [-0.2, 0) is 0 Å². The molecule has 0 aliphatic rings. The summed E-state index contributed by atoms with van der Waals surface area (Å²) >= 11 is 6.04. The Balaban J connectivity index is 1.72. The minimum atomic E-state index is -0.251. The Morgan fingerprint density at radius 1 is 1.04 bits per heavy atom. The average molecular weight is 354 g/mol. The van der Waals surface area contributed by atoms with Crippen LogP contribution in [0.5, 0.6) is 5.88 Å². The summed E-state index contributed by atoms with van der Waals surface area (Å²) in [6.45, 7) is 2.44. The first-order chi connectivity index (χ1) is 12.2. The van der Waals surface area contributed by atoms with Gasteiger partial charge in [-0.15, -0.1) is 10.2 Å². The van der Waals surface area contributed by atoms with Gasteiger partial charge in [-0.3, -0.25) is 4.79 Å². The number of nitrogens with zero attached hydrogens (tertiary/aromatic N) is 2. The fourth-order valence-corrected chi connectivity index (χ4v) is 2.49. The Hall–Kier alpha value is -2.92. The first-order valence-corrected chi connectivity index (χ1v) is 8.18. The zero-order chi connectivity index (χ0) is 17.6. The SMILES string of the molecule is CCOc1ccc(-c2ccc(NC(=O)c3ccccc3Cl)cc2)nn1. The van der Waals surface area contributed by atoms with E-state index in [1.165, 1.54) is 0 Å². The molecule has 1 aromatic heterocycles. The van der Waals surface area contributed by atoms with E-state index in [2.05, 4.69) is 15.5 Å². The number of halogens is 1. The van der Waals surface area contributed by atoms with Crippen LogP contribution in [0.15, 0.2) is 60.7 Å². The third-order valence-electron chi connectivity index (χ3n) is 3.49. The largest absolute Gasteiger partial charge is 0.477 e. The van der Waals surface area contributed by atoms with E-state index < -0.39 is 0 Å². The number of anilines is 1. The molecule has 0 spiro atoms. The molecule has 0 aliphatic heterocycles. The number of amides is 1. The minimum Gasteiger partial charge on any atom is -0.477 e. The number of carbonyl (C=O) groups is 1. The number of nitrogens with one attached hydrogen (secondary N) is 1. The molecule has 3 aromatic rings. The van der Waals surface area contributed by atoms with E-state index in [4.69, 9.17) is 16.3 Å². The maximum Gasteiger partial charge on any atom is 0.257 e. The molecular weight excluding hydrogens is 338 g/mol. The second kappa shape index (κ2) is 7.77. The zero-order valence-corrected chi connectivity index (χ0v) is 14.3. The molecular formula is C19H16ClN3O2. The van der Waals surface area contributed by atoms with Gasteiger partial charge in [-0.2, -0.15) is 0 Å². The number of ether oxygens (including phenoxy) is 1. The molecule has 0 saturated heterocycles. The van der Waals surface area contributed by atoms with E-state index >= 15 is 0 Å². The number of hydrogen-bond donors (Lipinski definition) is 1. The van der Waals surface area contributed by atoms with Crippen molar-refractivity contribution >= 4 is 23.2 Å². The summed E-state index contributed by atoms with van der Waals surface area (Å²) in [5, 5.41) is 11.4. The topological polar surface area (TPSA) is 64.1 Å². The summed E-state index contributed by atoms with van der Waals surface area (Å²) in [5.41, 5.74) is 2.73. The van der Waals surface area contributed by atoms with Crippen molar-refractivity contribution in [3.05, 3.63) is 71.2 Å². The van der Waals surface area contributed by atoms with Crippen LogP contribution >= 0.6 is 11.6 Å². The lowest BCUT2D eigenvalue weighted by Gasteiger charge is -2.08. The van der Waals surface area contributed by atoms with E-state index in [0.29, 0.717) is 28.8 Å². The fraction of sp³-hybridized carbons (Fsp3) is 0.105. The molecule has 0 saturated carbocycles. The van der Waals surface area contributed by atoms with Gasteiger partial charge in [0.15, 0.2) is 0 Å². The summed E-state index contributed by atoms with van der Waals surface area (Å²) in [6.07, 6.45) is 0. The summed E-state index contributed by atoms with van der Waals surface area (Å²) in [6, 6.07) is 17.9. The van der Waals surface area contributed by atoms with Crippen molar-refractivity contribution in [3.63, 3.8) is 0 Å². The highest BCUT2D eigenvalue weighted by Gasteiger charge is 2.10. The van der Waals surface area contributed by atoms with E-state index in [9.17, 15) is 4.79 Å². The van der Waals surface area contributed by atoms with Crippen LogP contribution in [0.25, 0.3) is 11.3 Å². The van der Waals surface area contributed by atoms with Gasteiger partial charge >= 0.3 is 0 Å². The van der Waals surface area contributed by atoms with Crippen molar-refractivity contribution in [1.82, 2.24) is 10.2 Å². The second-order valence-corrected chi connectivity index (χ2v) is 5.61. The molecule has 0 atom stereocenters. The highest BCUT2D eigenvalue weighted by atomic mass is 35.5. The van der Waals surface area contributed by atoms with Crippen LogP contribution in [-0.4, -0.2) is 22.7 Å². The summed E-state index contributed by atoms with van der Waals surface area (Å²) in [5.74, 6) is 0.245. The lowest BCUT2D eigenvalue weighted by Crippen LogP contribution is -2.12. The van der Waals surface area contributed by atoms with Gasteiger partial charge in [0, 0.05) is 17.3 Å². The highest BCUT2D eigenvalue weighted by molar-refractivity contribution is 6.34. The van der Waals surface area contributed by atoms with Gasteiger partial charge in [0.2, 0.25) is 5.88 Å². The van der Waals surface area contributed by atoms with Crippen LogP contribution < -0.4 is 10.1 Å². The molecule has 1 heterocycles. The minimum absolute atomic E-state index is 0.251. The second-order valence-electron chi connectivity index (χ2n) is 5.20. The molecule has 1 amide bonds. The first-order valence-electron chi connectivity index (χ1n) is 7.80. The quantitative estimate of drug-likeness (QED) is 0.736. The number of rotatable bonds is 5. The average Bonchev–Trinajstić information content (AvgIpc) is 2.64. The Labute approximate surface area is 150 Å². The van der Waals surface area contributed by atoms with Crippen molar-refractivity contribution in [2.24, 2.45) is 0 Å². The van der Waals surface area contributed by atoms with Crippen molar-refractivity contribution in [3.8, 4) is 17.1 Å². The van der Waals surface area contributed by atoms with Gasteiger partial charge in [0.25, 0.3) is 5.91 Å². The molecule has 0 fully saturated rings. The zero-order valence-electron chi connectivity index (χ0n) is 13.6. The number of carbonyl (C=O) groups excluding carboxylic acids is 1.